The van der Waals surface area contributed by atoms with Crippen LogP contribution in [0.2, 0.25) is 0 Å². The first-order valence-electron chi connectivity index (χ1n) is 5.07. The van der Waals surface area contributed by atoms with Crippen LogP contribution in [0.5, 0.6) is 0 Å². The predicted molar refractivity (Wildman–Crippen MR) is 55.4 cm³/mol. The standard InChI is InChI=1S/C10H21NO3/c1-5-14-7-6-11(8(2)3)9(4)10(12)13/h8-9H,5-7H2,1-4H3,(H,12,13). The molecule has 4 nitrogen and oxygen atoms in total. The average Bonchev–Trinajstić information content (AvgIpc) is 2.10. The maximum Gasteiger partial charge on any atom is 0.320 e. The lowest BCUT2D eigenvalue weighted by atomic mass is 10.2. The van der Waals surface area contributed by atoms with Crippen LogP contribution in [-0.2, 0) is 9.53 Å². The Morgan fingerprint density at radius 2 is 2.00 bits per heavy atom. The molecular formula is C10H21NO3. The maximum absolute atomic E-state index is 10.8. The van der Waals surface area contributed by atoms with Gasteiger partial charge in [-0.05, 0) is 27.7 Å². The third kappa shape index (κ3) is 4.58. The van der Waals surface area contributed by atoms with Gasteiger partial charge in [0.1, 0.15) is 6.04 Å². The van der Waals surface area contributed by atoms with Crippen molar-refractivity contribution in [1.82, 2.24) is 4.90 Å². The summed E-state index contributed by atoms with van der Waals surface area (Å²) in [5, 5.41) is 8.88. The SMILES string of the molecule is CCOCCN(C(C)C)C(C)C(=O)O. The molecule has 1 N–H and O–H groups in total. The second-order valence-electron chi connectivity index (χ2n) is 3.54. The number of aliphatic carboxylic acids is 1. The highest BCUT2D eigenvalue weighted by Gasteiger charge is 2.22. The van der Waals surface area contributed by atoms with Gasteiger partial charge in [0.15, 0.2) is 0 Å². The first-order valence-corrected chi connectivity index (χ1v) is 5.07. The van der Waals surface area contributed by atoms with Gasteiger partial charge in [-0.2, -0.15) is 0 Å². The summed E-state index contributed by atoms with van der Waals surface area (Å²) < 4.78 is 5.21. The van der Waals surface area contributed by atoms with Crippen LogP contribution in [0, 0.1) is 0 Å². The highest BCUT2D eigenvalue weighted by molar-refractivity contribution is 5.72. The molecule has 1 atom stereocenters. The van der Waals surface area contributed by atoms with Crippen LogP contribution in [0.3, 0.4) is 0 Å². The number of nitrogens with zero attached hydrogens (tertiary/aromatic N) is 1. The minimum Gasteiger partial charge on any atom is -0.480 e. The van der Waals surface area contributed by atoms with E-state index < -0.39 is 12.0 Å². The van der Waals surface area contributed by atoms with E-state index in [0.29, 0.717) is 19.8 Å². The van der Waals surface area contributed by atoms with E-state index in [1.54, 1.807) is 6.92 Å². The fourth-order valence-corrected chi connectivity index (χ4v) is 1.36. The Balaban J connectivity index is 4.08. The van der Waals surface area contributed by atoms with E-state index in [1.807, 2.05) is 25.7 Å². The van der Waals surface area contributed by atoms with E-state index in [9.17, 15) is 4.79 Å². The first kappa shape index (κ1) is 13.4. The van der Waals surface area contributed by atoms with Crippen molar-refractivity contribution in [2.24, 2.45) is 0 Å². The summed E-state index contributed by atoms with van der Waals surface area (Å²) in [6.07, 6.45) is 0. The number of hydrogen-bond acceptors (Lipinski definition) is 3. The van der Waals surface area contributed by atoms with Gasteiger partial charge in [0.05, 0.1) is 6.61 Å². The lowest BCUT2D eigenvalue weighted by Crippen LogP contribution is -2.45. The molecule has 0 aliphatic rings. The van der Waals surface area contributed by atoms with E-state index in [1.165, 1.54) is 0 Å². The third-order valence-corrected chi connectivity index (χ3v) is 2.22. The molecule has 14 heavy (non-hydrogen) atoms. The Hall–Kier alpha value is -0.610. The van der Waals surface area contributed by atoms with Crippen LogP contribution >= 0.6 is 0 Å². The summed E-state index contributed by atoms with van der Waals surface area (Å²) in [6.45, 7) is 9.55. The molecular weight excluding hydrogens is 182 g/mol. The Labute approximate surface area is 85.9 Å². The van der Waals surface area contributed by atoms with Crippen molar-refractivity contribution in [1.29, 1.82) is 0 Å². The molecule has 0 rings (SSSR count). The number of rotatable bonds is 7. The molecule has 4 heteroatoms. The summed E-state index contributed by atoms with van der Waals surface area (Å²) in [4.78, 5) is 12.7. The molecule has 84 valence electrons. The van der Waals surface area contributed by atoms with E-state index in [4.69, 9.17) is 9.84 Å². The van der Waals surface area contributed by atoms with Gasteiger partial charge in [0.25, 0.3) is 0 Å². The zero-order valence-corrected chi connectivity index (χ0v) is 9.49. The lowest BCUT2D eigenvalue weighted by Gasteiger charge is -2.29. The van der Waals surface area contributed by atoms with Crippen LogP contribution in [0.25, 0.3) is 0 Å². The van der Waals surface area contributed by atoms with Crippen molar-refractivity contribution in [3.05, 3.63) is 0 Å². The van der Waals surface area contributed by atoms with Crippen molar-refractivity contribution in [3.8, 4) is 0 Å². The van der Waals surface area contributed by atoms with Crippen LogP contribution in [0.1, 0.15) is 27.7 Å². The summed E-state index contributed by atoms with van der Waals surface area (Å²) in [5.41, 5.74) is 0. The Kier molecular flexibility index (Phi) is 6.49. The topological polar surface area (TPSA) is 49.8 Å². The summed E-state index contributed by atoms with van der Waals surface area (Å²) in [6, 6.07) is -0.225. The van der Waals surface area contributed by atoms with Gasteiger partial charge >= 0.3 is 5.97 Å². The molecule has 0 fully saturated rings. The molecule has 1 unspecified atom stereocenters. The maximum atomic E-state index is 10.8. The number of ether oxygens (including phenoxy) is 1. The summed E-state index contributed by atoms with van der Waals surface area (Å²) >= 11 is 0. The number of hydrogen-bond donors (Lipinski definition) is 1. The summed E-state index contributed by atoms with van der Waals surface area (Å²) in [7, 11) is 0. The minimum atomic E-state index is -0.782. The second kappa shape index (κ2) is 6.79. The minimum absolute atomic E-state index is 0.224. The molecule has 0 spiro atoms. The van der Waals surface area contributed by atoms with Gasteiger partial charge in [-0.25, -0.2) is 0 Å². The quantitative estimate of drug-likeness (QED) is 0.632. The van der Waals surface area contributed by atoms with Crippen molar-refractivity contribution in [2.45, 2.75) is 39.8 Å². The smallest absolute Gasteiger partial charge is 0.320 e. The Morgan fingerprint density at radius 3 is 2.36 bits per heavy atom. The zero-order valence-electron chi connectivity index (χ0n) is 9.49. The fourth-order valence-electron chi connectivity index (χ4n) is 1.36. The molecule has 0 amide bonds. The molecule has 0 bridgehead atoms. The molecule has 0 heterocycles. The molecule has 0 aliphatic carbocycles. The van der Waals surface area contributed by atoms with Crippen LogP contribution in [0.15, 0.2) is 0 Å². The van der Waals surface area contributed by atoms with E-state index in [-0.39, 0.29) is 6.04 Å². The van der Waals surface area contributed by atoms with Gasteiger partial charge in [0.2, 0.25) is 0 Å². The van der Waals surface area contributed by atoms with Crippen LogP contribution < -0.4 is 0 Å². The first-order chi connectivity index (χ1) is 6.50. The average molecular weight is 203 g/mol. The Morgan fingerprint density at radius 1 is 1.43 bits per heavy atom. The highest BCUT2D eigenvalue weighted by Crippen LogP contribution is 2.05. The van der Waals surface area contributed by atoms with Gasteiger partial charge in [-0.1, -0.05) is 0 Å². The van der Waals surface area contributed by atoms with Crippen LogP contribution in [-0.4, -0.2) is 47.8 Å². The Bertz CT molecular complexity index is 171. The van der Waals surface area contributed by atoms with Crippen molar-refractivity contribution >= 4 is 5.97 Å². The number of carboxylic acids is 1. The molecule has 0 saturated heterocycles. The molecule has 0 aliphatic heterocycles. The molecule has 0 saturated carbocycles. The zero-order chi connectivity index (χ0) is 11.1. The van der Waals surface area contributed by atoms with E-state index >= 15 is 0 Å². The number of carboxylic acid groups (broad SMARTS) is 1. The normalized spacial score (nSPS) is 13.6. The van der Waals surface area contributed by atoms with Crippen LogP contribution in [0.4, 0.5) is 0 Å². The van der Waals surface area contributed by atoms with Gasteiger partial charge < -0.3 is 9.84 Å². The van der Waals surface area contributed by atoms with Crippen molar-refractivity contribution in [2.75, 3.05) is 19.8 Å². The number of carbonyl (C=O) groups is 1. The van der Waals surface area contributed by atoms with Crippen molar-refractivity contribution in [3.63, 3.8) is 0 Å². The predicted octanol–water partition coefficient (Wildman–Crippen LogP) is 1.21. The fraction of sp³-hybridized carbons (Fsp3) is 0.900. The summed E-state index contributed by atoms with van der Waals surface area (Å²) in [5.74, 6) is -0.782. The lowest BCUT2D eigenvalue weighted by molar-refractivity contribution is -0.143. The van der Waals surface area contributed by atoms with E-state index in [0.717, 1.165) is 0 Å². The highest BCUT2D eigenvalue weighted by atomic mass is 16.5. The molecule has 0 aromatic heterocycles. The molecule has 0 aromatic rings. The van der Waals surface area contributed by atoms with Gasteiger partial charge in [-0.3, -0.25) is 9.69 Å². The molecule has 0 radical (unpaired) electrons. The largest absolute Gasteiger partial charge is 0.480 e. The van der Waals surface area contributed by atoms with Gasteiger partial charge in [0, 0.05) is 19.2 Å². The van der Waals surface area contributed by atoms with Crippen molar-refractivity contribution < 1.29 is 14.6 Å². The third-order valence-electron chi connectivity index (χ3n) is 2.22. The monoisotopic (exact) mass is 203 g/mol. The van der Waals surface area contributed by atoms with E-state index in [2.05, 4.69) is 0 Å². The van der Waals surface area contributed by atoms with Gasteiger partial charge in [-0.15, -0.1) is 0 Å². The second-order valence-corrected chi connectivity index (χ2v) is 3.54. The molecule has 0 aromatic carbocycles.